The molecule has 0 radical (unpaired) electrons. The van der Waals surface area contributed by atoms with Crippen LogP contribution in [0.15, 0.2) is 24.3 Å². The Bertz CT molecular complexity index is 529. The summed E-state index contributed by atoms with van der Waals surface area (Å²) in [4.78, 5) is 14.7. The number of halogens is 1. The lowest BCUT2D eigenvalue weighted by Crippen LogP contribution is -2.46. The summed E-state index contributed by atoms with van der Waals surface area (Å²) in [5.41, 5.74) is 0.300. The Morgan fingerprint density at radius 1 is 1.45 bits per heavy atom. The molecule has 2 atom stereocenters. The van der Waals surface area contributed by atoms with Crippen LogP contribution < -0.4 is 5.32 Å². The summed E-state index contributed by atoms with van der Waals surface area (Å²) in [6, 6.07) is 6.86. The average molecular weight is 276 g/mol. The Balaban J connectivity index is 1.97. The third kappa shape index (κ3) is 2.03. The van der Waals surface area contributed by atoms with Crippen molar-refractivity contribution in [2.75, 3.05) is 0 Å². The quantitative estimate of drug-likeness (QED) is 0.920. The molecule has 3 nitrogen and oxygen atoms in total. The minimum absolute atomic E-state index is 0.152. The summed E-state index contributed by atoms with van der Waals surface area (Å²) in [7, 11) is 0. The highest BCUT2D eigenvalue weighted by Crippen LogP contribution is 2.39. The largest absolute Gasteiger partial charge is 0.318 e. The van der Waals surface area contributed by atoms with E-state index in [1.54, 1.807) is 6.07 Å². The summed E-state index contributed by atoms with van der Waals surface area (Å²) in [6.45, 7) is 3.96. The Kier molecular flexibility index (Phi) is 3.28. The topological polar surface area (TPSA) is 32.3 Å². The molecular weight excluding hydrogens is 255 g/mol. The summed E-state index contributed by atoms with van der Waals surface area (Å²) >= 11 is 0. The monoisotopic (exact) mass is 276 g/mol. The third-order valence-corrected chi connectivity index (χ3v) is 4.78. The van der Waals surface area contributed by atoms with Crippen molar-refractivity contribution >= 4 is 5.91 Å². The van der Waals surface area contributed by atoms with E-state index in [1.165, 1.54) is 18.6 Å². The number of carbonyl (C=O) groups is 1. The van der Waals surface area contributed by atoms with Gasteiger partial charge in [-0.2, -0.15) is 0 Å². The second-order valence-electron chi connectivity index (χ2n) is 6.08. The second kappa shape index (κ2) is 4.85. The summed E-state index contributed by atoms with van der Waals surface area (Å²) in [5.74, 6) is -0.102. The van der Waals surface area contributed by atoms with Crippen molar-refractivity contribution in [2.45, 2.75) is 57.3 Å². The molecule has 1 amide bonds. The van der Waals surface area contributed by atoms with Crippen molar-refractivity contribution in [3.63, 3.8) is 0 Å². The number of rotatable bonds is 3. The first-order valence-electron chi connectivity index (χ1n) is 7.41. The highest BCUT2D eigenvalue weighted by atomic mass is 19.1. The second-order valence-corrected chi connectivity index (χ2v) is 6.08. The van der Waals surface area contributed by atoms with Gasteiger partial charge in [0.15, 0.2) is 0 Å². The first-order valence-corrected chi connectivity index (χ1v) is 7.41. The van der Waals surface area contributed by atoms with E-state index in [9.17, 15) is 9.18 Å². The fraction of sp³-hybridized carbons (Fsp3) is 0.562. The Morgan fingerprint density at radius 2 is 2.20 bits per heavy atom. The average Bonchev–Trinajstić information content (AvgIpc) is 2.63. The van der Waals surface area contributed by atoms with Crippen LogP contribution in [0.3, 0.4) is 0 Å². The Morgan fingerprint density at radius 3 is 2.75 bits per heavy atom. The number of hydrogen-bond donors (Lipinski definition) is 1. The molecule has 3 rings (SSSR count). The van der Waals surface area contributed by atoms with Crippen LogP contribution in [0.2, 0.25) is 0 Å². The maximum atomic E-state index is 13.5. The van der Waals surface area contributed by atoms with E-state index in [-0.39, 0.29) is 17.9 Å². The van der Waals surface area contributed by atoms with Crippen molar-refractivity contribution in [3.8, 4) is 0 Å². The van der Waals surface area contributed by atoms with Crippen molar-refractivity contribution in [2.24, 2.45) is 0 Å². The smallest absolute Gasteiger partial charge is 0.244 e. The molecule has 2 unspecified atom stereocenters. The predicted molar refractivity (Wildman–Crippen MR) is 75.5 cm³/mol. The van der Waals surface area contributed by atoms with E-state index >= 15 is 0 Å². The van der Waals surface area contributed by atoms with Gasteiger partial charge in [0.2, 0.25) is 5.91 Å². The van der Waals surface area contributed by atoms with Crippen LogP contribution in [0, 0.1) is 5.82 Å². The van der Waals surface area contributed by atoms with Crippen molar-refractivity contribution < 1.29 is 9.18 Å². The van der Waals surface area contributed by atoms with Crippen molar-refractivity contribution in [3.05, 3.63) is 35.6 Å². The van der Waals surface area contributed by atoms with Gasteiger partial charge in [-0.3, -0.25) is 10.1 Å². The summed E-state index contributed by atoms with van der Waals surface area (Å²) in [5, 5.41) is 3.42. The lowest BCUT2D eigenvalue weighted by atomic mass is 9.89. The van der Waals surface area contributed by atoms with Gasteiger partial charge in [-0.25, -0.2) is 4.39 Å². The molecule has 1 aliphatic carbocycles. The lowest BCUT2D eigenvalue weighted by molar-refractivity contribution is -0.136. The summed E-state index contributed by atoms with van der Waals surface area (Å²) in [6.07, 6.45) is 3.82. The molecule has 0 aromatic heterocycles. The number of nitrogens with one attached hydrogen (secondary N) is 1. The first-order chi connectivity index (χ1) is 9.55. The van der Waals surface area contributed by atoms with Gasteiger partial charge in [-0.1, -0.05) is 19.1 Å². The van der Waals surface area contributed by atoms with Crippen LogP contribution in [-0.4, -0.2) is 22.4 Å². The van der Waals surface area contributed by atoms with Crippen LogP contribution in [0.4, 0.5) is 4.39 Å². The molecule has 1 aromatic carbocycles. The molecule has 1 N–H and O–H groups in total. The number of amides is 1. The molecule has 108 valence electrons. The molecule has 2 aliphatic rings. The SMILES string of the molecule is CCC1(C)NC(c2cccc(F)c2)N(C2CCC2)C1=O. The normalized spacial score (nSPS) is 30.6. The number of benzene rings is 1. The van der Waals surface area contributed by atoms with Gasteiger partial charge < -0.3 is 4.90 Å². The van der Waals surface area contributed by atoms with Crippen LogP contribution in [-0.2, 0) is 4.79 Å². The van der Waals surface area contributed by atoms with Gasteiger partial charge >= 0.3 is 0 Å². The van der Waals surface area contributed by atoms with Gasteiger partial charge in [0.05, 0.1) is 5.54 Å². The fourth-order valence-corrected chi connectivity index (χ4v) is 3.05. The van der Waals surface area contributed by atoms with Crippen LogP contribution >= 0.6 is 0 Å². The molecule has 1 aliphatic heterocycles. The first kappa shape index (κ1) is 13.6. The molecular formula is C16H21FN2O. The third-order valence-electron chi connectivity index (χ3n) is 4.78. The standard InChI is InChI=1S/C16H21FN2O/c1-3-16(2)15(20)19(13-8-5-9-13)14(18-16)11-6-4-7-12(17)10-11/h4,6-7,10,13-14,18H,3,5,8-9H2,1-2H3. The van der Waals surface area contributed by atoms with E-state index in [0.717, 1.165) is 24.8 Å². The lowest BCUT2D eigenvalue weighted by Gasteiger charge is -2.38. The predicted octanol–water partition coefficient (Wildman–Crippen LogP) is 2.98. The van der Waals surface area contributed by atoms with E-state index in [2.05, 4.69) is 5.32 Å². The molecule has 1 heterocycles. The van der Waals surface area contributed by atoms with Crippen molar-refractivity contribution in [1.29, 1.82) is 0 Å². The highest BCUT2D eigenvalue weighted by molar-refractivity contribution is 5.89. The highest BCUT2D eigenvalue weighted by Gasteiger charge is 2.50. The maximum absolute atomic E-state index is 13.5. The van der Waals surface area contributed by atoms with Gasteiger partial charge in [0.25, 0.3) is 0 Å². The van der Waals surface area contributed by atoms with E-state index in [4.69, 9.17) is 0 Å². The molecule has 1 aromatic rings. The number of hydrogen-bond acceptors (Lipinski definition) is 2. The minimum Gasteiger partial charge on any atom is -0.318 e. The minimum atomic E-state index is -0.535. The van der Waals surface area contributed by atoms with Crippen LogP contribution in [0.1, 0.15) is 51.3 Å². The zero-order chi connectivity index (χ0) is 14.3. The van der Waals surface area contributed by atoms with Gasteiger partial charge in [0.1, 0.15) is 12.0 Å². The molecule has 0 spiro atoms. The van der Waals surface area contributed by atoms with Crippen LogP contribution in [0.5, 0.6) is 0 Å². The molecule has 4 heteroatoms. The Labute approximate surface area is 119 Å². The summed E-state index contributed by atoms with van der Waals surface area (Å²) < 4.78 is 13.5. The maximum Gasteiger partial charge on any atom is 0.244 e. The molecule has 2 fully saturated rings. The zero-order valence-corrected chi connectivity index (χ0v) is 12.0. The van der Waals surface area contributed by atoms with Crippen LogP contribution in [0.25, 0.3) is 0 Å². The van der Waals surface area contributed by atoms with Crippen molar-refractivity contribution in [1.82, 2.24) is 10.2 Å². The van der Waals surface area contributed by atoms with E-state index in [0.29, 0.717) is 6.04 Å². The molecule has 1 saturated heterocycles. The number of carbonyl (C=O) groups excluding carboxylic acids is 1. The van der Waals surface area contributed by atoms with Gasteiger partial charge in [-0.05, 0) is 50.3 Å². The van der Waals surface area contributed by atoms with E-state index in [1.807, 2.05) is 24.8 Å². The fourth-order valence-electron chi connectivity index (χ4n) is 3.05. The molecule has 1 saturated carbocycles. The molecule has 20 heavy (non-hydrogen) atoms. The number of nitrogens with zero attached hydrogens (tertiary/aromatic N) is 1. The molecule has 0 bridgehead atoms. The van der Waals surface area contributed by atoms with E-state index < -0.39 is 5.54 Å². The Hall–Kier alpha value is -1.42. The van der Waals surface area contributed by atoms with Gasteiger partial charge in [0, 0.05) is 6.04 Å². The zero-order valence-electron chi connectivity index (χ0n) is 12.0. The van der Waals surface area contributed by atoms with Gasteiger partial charge in [-0.15, -0.1) is 0 Å².